The SMILES string of the molecule is O=C(c1ccccc1)N1CCN(Cc2cc(=O)[nH]nc2-c2ccccc2)CC1. The van der Waals surface area contributed by atoms with Gasteiger partial charge >= 0.3 is 0 Å². The minimum atomic E-state index is -0.201. The lowest BCUT2D eigenvalue weighted by Crippen LogP contribution is -2.48. The van der Waals surface area contributed by atoms with Crippen molar-refractivity contribution in [2.75, 3.05) is 26.2 Å². The van der Waals surface area contributed by atoms with Gasteiger partial charge < -0.3 is 4.90 Å². The number of piperazine rings is 1. The van der Waals surface area contributed by atoms with Gasteiger partial charge in [-0.3, -0.25) is 14.5 Å². The van der Waals surface area contributed by atoms with E-state index >= 15 is 0 Å². The number of benzene rings is 2. The van der Waals surface area contributed by atoms with E-state index in [9.17, 15) is 9.59 Å². The number of carbonyl (C=O) groups excluding carboxylic acids is 1. The molecular weight excluding hydrogens is 352 g/mol. The standard InChI is InChI=1S/C22H22N4O2/c27-20-15-19(21(24-23-20)17-7-3-1-4-8-17)16-25-11-13-26(14-12-25)22(28)18-9-5-2-6-10-18/h1-10,15H,11-14,16H2,(H,23,27). The first-order chi connectivity index (χ1) is 13.7. The molecule has 1 aromatic heterocycles. The van der Waals surface area contributed by atoms with Gasteiger partial charge in [0.1, 0.15) is 0 Å². The summed E-state index contributed by atoms with van der Waals surface area (Å²) in [6, 6.07) is 20.8. The number of carbonyl (C=O) groups is 1. The van der Waals surface area contributed by atoms with Crippen molar-refractivity contribution in [2.24, 2.45) is 0 Å². The van der Waals surface area contributed by atoms with Crippen LogP contribution in [-0.4, -0.2) is 52.1 Å². The smallest absolute Gasteiger partial charge is 0.264 e. The van der Waals surface area contributed by atoms with Crippen molar-refractivity contribution in [1.82, 2.24) is 20.0 Å². The van der Waals surface area contributed by atoms with Gasteiger partial charge in [-0.15, -0.1) is 0 Å². The molecule has 6 nitrogen and oxygen atoms in total. The Labute approximate surface area is 163 Å². The summed E-state index contributed by atoms with van der Waals surface area (Å²) >= 11 is 0. The van der Waals surface area contributed by atoms with Crippen LogP contribution in [0.5, 0.6) is 0 Å². The van der Waals surface area contributed by atoms with Gasteiger partial charge in [0.15, 0.2) is 0 Å². The van der Waals surface area contributed by atoms with Gasteiger partial charge in [0.25, 0.3) is 11.5 Å². The van der Waals surface area contributed by atoms with Gasteiger partial charge in [0, 0.05) is 49.9 Å². The second kappa shape index (κ2) is 8.19. The number of rotatable bonds is 4. The Morgan fingerprint density at radius 2 is 1.57 bits per heavy atom. The maximum Gasteiger partial charge on any atom is 0.264 e. The fraction of sp³-hybridized carbons (Fsp3) is 0.227. The Kier molecular flexibility index (Phi) is 5.30. The lowest BCUT2D eigenvalue weighted by molar-refractivity contribution is 0.0628. The molecule has 2 heterocycles. The molecule has 0 unspecified atom stereocenters. The van der Waals surface area contributed by atoms with E-state index in [0.29, 0.717) is 19.6 Å². The second-order valence-electron chi connectivity index (χ2n) is 6.91. The van der Waals surface area contributed by atoms with Gasteiger partial charge in [-0.25, -0.2) is 5.10 Å². The zero-order valence-electron chi connectivity index (χ0n) is 15.5. The van der Waals surface area contributed by atoms with Crippen LogP contribution in [-0.2, 0) is 6.54 Å². The number of hydrogen-bond acceptors (Lipinski definition) is 4. The Morgan fingerprint density at radius 3 is 2.25 bits per heavy atom. The van der Waals surface area contributed by atoms with Crippen molar-refractivity contribution in [2.45, 2.75) is 6.54 Å². The summed E-state index contributed by atoms with van der Waals surface area (Å²) in [4.78, 5) is 28.6. The van der Waals surface area contributed by atoms with E-state index in [0.717, 1.165) is 35.5 Å². The molecule has 1 saturated heterocycles. The molecule has 0 atom stereocenters. The lowest BCUT2D eigenvalue weighted by atomic mass is 10.1. The van der Waals surface area contributed by atoms with Crippen LogP contribution in [0.4, 0.5) is 0 Å². The number of H-pyrrole nitrogens is 1. The monoisotopic (exact) mass is 374 g/mol. The summed E-state index contributed by atoms with van der Waals surface area (Å²) in [5.74, 6) is 0.0723. The predicted molar refractivity (Wildman–Crippen MR) is 108 cm³/mol. The second-order valence-corrected chi connectivity index (χ2v) is 6.91. The molecule has 0 bridgehead atoms. The summed E-state index contributed by atoms with van der Waals surface area (Å²) in [5.41, 5.74) is 3.20. The lowest BCUT2D eigenvalue weighted by Gasteiger charge is -2.35. The third-order valence-electron chi connectivity index (χ3n) is 5.01. The number of aromatic nitrogens is 2. The Morgan fingerprint density at radius 1 is 0.929 bits per heavy atom. The van der Waals surface area contributed by atoms with Crippen molar-refractivity contribution in [3.8, 4) is 11.3 Å². The van der Waals surface area contributed by atoms with Crippen LogP contribution in [0.1, 0.15) is 15.9 Å². The molecule has 4 rings (SSSR count). The highest BCUT2D eigenvalue weighted by molar-refractivity contribution is 5.94. The van der Waals surface area contributed by atoms with E-state index < -0.39 is 0 Å². The molecule has 3 aromatic rings. The normalized spacial score (nSPS) is 14.8. The van der Waals surface area contributed by atoms with Gasteiger partial charge in [-0.1, -0.05) is 48.5 Å². The van der Waals surface area contributed by atoms with Crippen LogP contribution in [0.2, 0.25) is 0 Å². The van der Waals surface area contributed by atoms with E-state index in [2.05, 4.69) is 15.1 Å². The maximum absolute atomic E-state index is 12.6. The van der Waals surface area contributed by atoms with Crippen LogP contribution in [0.25, 0.3) is 11.3 Å². The van der Waals surface area contributed by atoms with Gasteiger partial charge in [-0.05, 0) is 17.7 Å². The minimum absolute atomic E-state index is 0.0723. The Balaban J connectivity index is 1.45. The Bertz CT molecular complexity index is 994. The van der Waals surface area contributed by atoms with E-state index in [-0.39, 0.29) is 11.5 Å². The van der Waals surface area contributed by atoms with E-state index in [1.165, 1.54) is 0 Å². The van der Waals surface area contributed by atoms with Crippen molar-refractivity contribution in [3.63, 3.8) is 0 Å². The van der Waals surface area contributed by atoms with Crippen molar-refractivity contribution >= 4 is 5.91 Å². The fourth-order valence-electron chi connectivity index (χ4n) is 3.52. The first-order valence-corrected chi connectivity index (χ1v) is 9.41. The largest absolute Gasteiger partial charge is 0.336 e. The molecule has 6 heteroatoms. The molecule has 1 N–H and O–H groups in total. The maximum atomic E-state index is 12.6. The van der Waals surface area contributed by atoms with Gasteiger partial charge in [0.2, 0.25) is 0 Å². The highest BCUT2D eigenvalue weighted by Gasteiger charge is 2.23. The zero-order valence-corrected chi connectivity index (χ0v) is 15.5. The van der Waals surface area contributed by atoms with E-state index in [1.54, 1.807) is 6.07 Å². The van der Waals surface area contributed by atoms with Gasteiger partial charge in [-0.2, -0.15) is 5.10 Å². The quantitative estimate of drug-likeness (QED) is 0.761. The summed E-state index contributed by atoms with van der Waals surface area (Å²) < 4.78 is 0. The highest BCUT2D eigenvalue weighted by atomic mass is 16.2. The first kappa shape index (κ1) is 18.1. The van der Waals surface area contributed by atoms with E-state index in [4.69, 9.17) is 0 Å². The van der Waals surface area contributed by atoms with Crippen LogP contribution in [0.15, 0.2) is 71.5 Å². The molecule has 2 aromatic carbocycles. The fourth-order valence-corrected chi connectivity index (χ4v) is 3.52. The third-order valence-corrected chi connectivity index (χ3v) is 5.01. The average molecular weight is 374 g/mol. The number of hydrogen-bond donors (Lipinski definition) is 1. The molecule has 0 saturated carbocycles. The van der Waals surface area contributed by atoms with Crippen molar-refractivity contribution in [1.29, 1.82) is 0 Å². The Hall–Kier alpha value is -3.25. The summed E-state index contributed by atoms with van der Waals surface area (Å²) in [6.07, 6.45) is 0. The van der Waals surface area contributed by atoms with Gasteiger partial charge in [0.05, 0.1) is 5.69 Å². The van der Waals surface area contributed by atoms with Crippen molar-refractivity contribution < 1.29 is 4.79 Å². The molecular formula is C22H22N4O2. The highest BCUT2D eigenvalue weighted by Crippen LogP contribution is 2.21. The molecule has 1 aliphatic heterocycles. The minimum Gasteiger partial charge on any atom is -0.336 e. The molecule has 1 amide bonds. The predicted octanol–water partition coefficient (Wildman–Crippen LogP) is 2.39. The third kappa shape index (κ3) is 4.02. The molecule has 0 spiro atoms. The number of nitrogens with zero attached hydrogens (tertiary/aromatic N) is 3. The molecule has 28 heavy (non-hydrogen) atoms. The first-order valence-electron chi connectivity index (χ1n) is 9.41. The molecule has 1 fully saturated rings. The number of nitrogens with one attached hydrogen (secondary N) is 1. The zero-order chi connectivity index (χ0) is 19.3. The number of aromatic amines is 1. The average Bonchev–Trinajstić information content (AvgIpc) is 2.75. The summed E-state index contributed by atoms with van der Waals surface area (Å²) in [6.45, 7) is 3.50. The molecule has 1 aliphatic rings. The summed E-state index contributed by atoms with van der Waals surface area (Å²) in [7, 11) is 0. The van der Waals surface area contributed by atoms with Crippen LogP contribution in [0.3, 0.4) is 0 Å². The van der Waals surface area contributed by atoms with Crippen molar-refractivity contribution in [3.05, 3.63) is 88.2 Å². The van der Waals surface area contributed by atoms with Crippen LogP contribution < -0.4 is 5.56 Å². The number of amides is 1. The topological polar surface area (TPSA) is 69.3 Å². The molecule has 0 radical (unpaired) electrons. The summed E-state index contributed by atoms with van der Waals surface area (Å²) in [5, 5.41) is 6.81. The van der Waals surface area contributed by atoms with Crippen LogP contribution in [0, 0.1) is 0 Å². The van der Waals surface area contributed by atoms with E-state index in [1.807, 2.05) is 65.6 Å². The molecule has 0 aliphatic carbocycles. The molecule has 142 valence electrons. The van der Waals surface area contributed by atoms with Crippen LogP contribution >= 0.6 is 0 Å².